The van der Waals surface area contributed by atoms with Gasteiger partial charge in [0, 0.05) is 16.5 Å². The highest BCUT2D eigenvalue weighted by molar-refractivity contribution is 8.00. The van der Waals surface area contributed by atoms with Gasteiger partial charge in [-0.05, 0) is 61.0 Å². The van der Waals surface area contributed by atoms with Crippen molar-refractivity contribution >= 4 is 52.2 Å². The van der Waals surface area contributed by atoms with Gasteiger partial charge in [-0.25, -0.2) is 4.90 Å². The number of H-pyrrole nitrogens is 1. The number of hydrogen-bond donors (Lipinski definition) is 3. The third-order valence-corrected chi connectivity index (χ3v) is 9.81. The second-order valence-electron chi connectivity index (χ2n) is 10.3. The lowest BCUT2D eigenvalue weighted by atomic mass is 9.83. The normalized spacial score (nSPS) is 19.0. The molecule has 2 aliphatic rings. The average Bonchev–Trinajstić information content (AvgIpc) is 3.51. The first-order valence-corrected chi connectivity index (χ1v) is 15.6. The highest BCUT2D eigenvalue weighted by atomic mass is 32.2. The average molecular weight is 672 g/mol. The number of anilines is 2. The number of aromatic amines is 1. The van der Waals surface area contributed by atoms with E-state index >= 15 is 0 Å². The summed E-state index contributed by atoms with van der Waals surface area (Å²) >= 11 is 1.80. The molecule has 0 saturated carbocycles. The lowest BCUT2D eigenvalue weighted by Crippen LogP contribution is -2.33. The van der Waals surface area contributed by atoms with Crippen molar-refractivity contribution < 1.29 is 42.1 Å². The maximum atomic E-state index is 14.0. The van der Waals surface area contributed by atoms with E-state index in [4.69, 9.17) is 9.47 Å². The fourth-order valence-corrected chi connectivity index (χ4v) is 8.03. The van der Waals surface area contributed by atoms with Crippen molar-refractivity contribution in [2.45, 2.75) is 29.3 Å². The van der Waals surface area contributed by atoms with E-state index in [2.05, 4.69) is 10.3 Å². The molecule has 15 heteroatoms. The van der Waals surface area contributed by atoms with Crippen LogP contribution in [-0.2, 0) is 20.6 Å². The molecule has 1 fully saturated rings. The molecule has 0 radical (unpaired) electrons. The van der Waals surface area contributed by atoms with Crippen LogP contribution in [0.3, 0.4) is 0 Å². The first kappa shape index (κ1) is 31.2. The molecular formula is C31H24F3N3O7S2. The van der Waals surface area contributed by atoms with Crippen molar-refractivity contribution in [3.63, 3.8) is 0 Å². The number of phenolic OH excluding ortho intramolecular Hbond substituents is 1. The number of nitrogens with zero attached hydrogens (tertiary/aromatic N) is 1. The number of thioether (sulfide) groups is 1. The minimum atomic E-state index is -4.82. The van der Waals surface area contributed by atoms with Gasteiger partial charge in [-0.15, -0.1) is 0 Å². The highest BCUT2D eigenvalue weighted by Gasteiger charge is 2.57. The number of nitrogens with one attached hydrogen (secondary N) is 2. The van der Waals surface area contributed by atoms with Crippen LogP contribution in [0.1, 0.15) is 28.8 Å². The molecule has 3 heterocycles. The molecule has 6 rings (SSSR count). The summed E-state index contributed by atoms with van der Waals surface area (Å²) in [5.74, 6) is -3.67. The SMILES string of the molecule is CCOc1cc(C2c3sc(=O)[nH]c3SC3C(=O)N(c4ccccc4C(F)(F)F)C(=O)C32)ccc1OCC(=O)Nc1ccc(O)cc1. The van der Waals surface area contributed by atoms with E-state index in [0.29, 0.717) is 26.1 Å². The number of aromatic hydroxyl groups is 1. The predicted octanol–water partition coefficient (Wildman–Crippen LogP) is 5.37. The maximum absolute atomic E-state index is 14.0. The number of alkyl halides is 3. The van der Waals surface area contributed by atoms with Crippen molar-refractivity contribution in [2.24, 2.45) is 5.92 Å². The van der Waals surface area contributed by atoms with Crippen LogP contribution in [0.5, 0.6) is 17.2 Å². The van der Waals surface area contributed by atoms with E-state index in [1.54, 1.807) is 19.1 Å². The third kappa shape index (κ3) is 5.83. The maximum Gasteiger partial charge on any atom is 0.418 e. The number of imide groups is 1. The third-order valence-electron chi connectivity index (χ3n) is 7.41. The van der Waals surface area contributed by atoms with Crippen LogP contribution in [0.2, 0.25) is 0 Å². The van der Waals surface area contributed by atoms with Gasteiger partial charge < -0.3 is 24.9 Å². The summed E-state index contributed by atoms with van der Waals surface area (Å²) in [6, 6.07) is 15.0. The first-order chi connectivity index (χ1) is 22.0. The van der Waals surface area contributed by atoms with Crippen molar-refractivity contribution in [1.29, 1.82) is 0 Å². The monoisotopic (exact) mass is 671 g/mol. The van der Waals surface area contributed by atoms with Crippen molar-refractivity contribution in [2.75, 3.05) is 23.4 Å². The molecule has 0 spiro atoms. The van der Waals surface area contributed by atoms with Gasteiger partial charge in [0.15, 0.2) is 18.1 Å². The summed E-state index contributed by atoms with van der Waals surface area (Å²) in [4.78, 5) is 55.9. The Morgan fingerprint density at radius 1 is 1.00 bits per heavy atom. The molecular weight excluding hydrogens is 647 g/mol. The molecule has 0 aliphatic carbocycles. The smallest absolute Gasteiger partial charge is 0.418 e. The Morgan fingerprint density at radius 3 is 2.46 bits per heavy atom. The summed E-state index contributed by atoms with van der Waals surface area (Å²) in [6.07, 6.45) is -4.82. The second-order valence-corrected chi connectivity index (χ2v) is 12.5. The Bertz CT molecular complexity index is 1890. The van der Waals surface area contributed by atoms with Crippen molar-refractivity contribution in [3.8, 4) is 17.2 Å². The number of benzene rings is 3. The molecule has 1 saturated heterocycles. The summed E-state index contributed by atoms with van der Waals surface area (Å²) in [6.45, 7) is 1.54. The number of rotatable bonds is 8. The molecule has 2 aliphatic heterocycles. The van der Waals surface area contributed by atoms with Gasteiger partial charge in [0.2, 0.25) is 11.8 Å². The molecule has 3 unspecified atom stereocenters. The number of thiazole rings is 1. The largest absolute Gasteiger partial charge is 0.508 e. The standard InChI is InChI=1S/C31H24F3N3O7S2/c1-2-43-21-13-15(7-12-20(21)44-14-22(39)35-16-8-10-17(38)11-9-16)23-24-26(45-27-25(23)46-30(42)36-27)29(41)37(28(24)40)19-6-4-3-5-18(19)31(32,33)34/h3-13,23-24,26,38H,2,14H2,1H3,(H,35,39)(H,36,42). The number of ether oxygens (including phenoxy) is 2. The molecule has 46 heavy (non-hydrogen) atoms. The Morgan fingerprint density at radius 2 is 1.74 bits per heavy atom. The number of amides is 3. The Kier molecular flexibility index (Phi) is 8.29. The van der Waals surface area contributed by atoms with Crippen LogP contribution in [0.15, 0.2) is 76.6 Å². The van der Waals surface area contributed by atoms with Gasteiger partial charge in [0.1, 0.15) is 11.0 Å². The van der Waals surface area contributed by atoms with Crippen LogP contribution in [0.4, 0.5) is 24.5 Å². The lowest BCUT2D eigenvalue weighted by Gasteiger charge is -2.30. The zero-order valence-corrected chi connectivity index (χ0v) is 25.4. The van der Waals surface area contributed by atoms with Crippen molar-refractivity contribution in [1.82, 2.24) is 4.98 Å². The van der Waals surface area contributed by atoms with Gasteiger partial charge >= 0.3 is 11.0 Å². The second kappa shape index (κ2) is 12.2. The summed E-state index contributed by atoms with van der Waals surface area (Å²) < 4.78 is 53.3. The van der Waals surface area contributed by atoms with Gasteiger partial charge in [0.05, 0.1) is 28.8 Å². The van der Waals surface area contributed by atoms with Crippen LogP contribution in [0.25, 0.3) is 0 Å². The number of fused-ring (bicyclic) bond motifs is 2. The summed E-state index contributed by atoms with van der Waals surface area (Å²) in [5, 5.41) is 11.3. The van der Waals surface area contributed by atoms with Crippen LogP contribution in [0, 0.1) is 5.92 Å². The van der Waals surface area contributed by atoms with Crippen molar-refractivity contribution in [3.05, 3.63) is 92.4 Å². The van der Waals surface area contributed by atoms with E-state index in [0.717, 1.165) is 35.2 Å². The fourth-order valence-electron chi connectivity index (χ4n) is 5.51. The number of phenols is 1. The predicted molar refractivity (Wildman–Crippen MR) is 164 cm³/mol. The lowest BCUT2D eigenvalue weighted by molar-refractivity contribution is -0.137. The molecule has 0 bridgehead atoms. The zero-order chi connectivity index (χ0) is 32.7. The minimum Gasteiger partial charge on any atom is -0.508 e. The number of carbonyl (C=O) groups is 3. The molecule has 3 atom stereocenters. The van der Waals surface area contributed by atoms with E-state index in [-0.39, 0.29) is 23.9 Å². The quantitative estimate of drug-likeness (QED) is 0.168. The summed E-state index contributed by atoms with van der Waals surface area (Å²) in [7, 11) is 0. The fraction of sp³-hybridized carbons (Fsp3) is 0.226. The van der Waals surface area contributed by atoms with E-state index in [1.807, 2.05) is 0 Å². The Balaban J connectivity index is 1.33. The first-order valence-electron chi connectivity index (χ1n) is 13.9. The van der Waals surface area contributed by atoms with Crippen LogP contribution in [-0.4, -0.2) is 46.3 Å². The van der Waals surface area contributed by atoms with E-state index in [9.17, 15) is 37.5 Å². The molecule has 4 aromatic rings. The summed E-state index contributed by atoms with van der Waals surface area (Å²) in [5.41, 5.74) is -0.765. The van der Waals surface area contributed by atoms with E-state index < -0.39 is 63.7 Å². The molecule has 1 aromatic heterocycles. The van der Waals surface area contributed by atoms with Crippen LogP contribution < -0.4 is 24.6 Å². The number of aromatic nitrogens is 1. The zero-order valence-electron chi connectivity index (χ0n) is 23.8. The number of carbonyl (C=O) groups excluding carboxylic acids is 3. The Labute approximate surface area is 267 Å². The number of halogens is 3. The highest BCUT2D eigenvalue weighted by Crippen LogP contribution is 2.54. The van der Waals surface area contributed by atoms with Gasteiger partial charge in [0.25, 0.3) is 5.91 Å². The topological polar surface area (TPSA) is 138 Å². The van der Waals surface area contributed by atoms with Crippen LogP contribution >= 0.6 is 23.1 Å². The van der Waals surface area contributed by atoms with E-state index in [1.165, 1.54) is 42.5 Å². The molecule has 3 amide bonds. The molecule has 3 N–H and O–H groups in total. The minimum absolute atomic E-state index is 0.0418. The molecule has 10 nitrogen and oxygen atoms in total. The van der Waals surface area contributed by atoms with Gasteiger partial charge in [-0.3, -0.25) is 19.2 Å². The van der Waals surface area contributed by atoms with Gasteiger partial charge in [-0.2, -0.15) is 13.2 Å². The van der Waals surface area contributed by atoms with Gasteiger partial charge in [-0.1, -0.05) is 41.3 Å². The Hall–Kier alpha value is -4.76. The number of hydrogen-bond acceptors (Lipinski definition) is 9. The number of para-hydroxylation sites is 1. The molecule has 238 valence electrons. The molecule has 3 aromatic carbocycles.